The van der Waals surface area contributed by atoms with Crippen molar-refractivity contribution in [1.29, 1.82) is 0 Å². The maximum Gasteiger partial charge on any atom is 0.240 e. The third-order valence-corrected chi connectivity index (χ3v) is 2.20. The Hall–Kier alpha value is -0.690. The highest BCUT2D eigenvalue weighted by atomic mass is 16.3. The number of nitrogens with zero attached hydrogens (tertiary/aromatic N) is 1. The van der Waals surface area contributed by atoms with Crippen LogP contribution >= 0.6 is 0 Å². The van der Waals surface area contributed by atoms with Crippen LogP contribution in [-0.4, -0.2) is 53.9 Å². The summed E-state index contributed by atoms with van der Waals surface area (Å²) in [6, 6.07) is 0. The molecule has 0 aromatic rings. The Morgan fingerprint density at radius 3 is 2.13 bits per heavy atom. The SMILES string of the molecule is CC(C)(CN(CCO)CCO)C(=O)NN. The Morgan fingerprint density at radius 1 is 1.33 bits per heavy atom. The molecule has 90 valence electrons. The first-order valence-electron chi connectivity index (χ1n) is 4.93. The Balaban J connectivity index is 4.29. The molecule has 5 N–H and O–H groups in total. The molecule has 0 spiro atoms. The van der Waals surface area contributed by atoms with Gasteiger partial charge in [-0.05, 0) is 13.8 Å². The molecule has 0 saturated heterocycles. The van der Waals surface area contributed by atoms with Crippen LogP contribution in [0.4, 0.5) is 0 Å². The van der Waals surface area contributed by atoms with E-state index in [0.717, 1.165) is 0 Å². The molecule has 0 atom stereocenters. The molecular weight excluding hydrogens is 198 g/mol. The zero-order valence-corrected chi connectivity index (χ0v) is 9.36. The second-order valence-corrected chi connectivity index (χ2v) is 4.08. The first-order valence-corrected chi connectivity index (χ1v) is 4.93. The zero-order chi connectivity index (χ0) is 11.9. The number of aliphatic hydroxyl groups excluding tert-OH is 2. The molecule has 0 bridgehead atoms. The molecule has 6 heteroatoms. The highest BCUT2D eigenvalue weighted by molar-refractivity contribution is 5.81. The van der Waals surface area contributed by atoms with Gasteiger partial charge in [-0.25, -0.2) is 5.84 Å². The van der Waals surface area contributed by atoms with Crippen molar-refractivity contribution in [2.45, 2.75) is 13.8 Å². The van der Waals surface area contributed by atoms with Gasteiger partial charge in [0.15, 0.2) is 0 Å². The van der Waals surface area contributed by atoms with Crippen LogP contribution in [0.5, 0.6) is 0 Å². The second kappa shape index (κ2) is 6.73. The number of nitrogens with two attached hydrogens (primary N) is 1. The summed E-state index contributed by atoms with van der Waals surface area (Å²) in [6.07, 6.45) is 0. The maximum absolute atomic E-state index is 11.4. The van der Waals surface area contributed by atoms with E-state index in [1.165, 1.54) is 0 Å². The predicted octanol–water partition coefficient (Wildman–Crippen LogP) is -1.71. The van der Waals surface area contributed by atoms with Crippen molar-refractivity contribution in [2.75, 3.05) is 32.8 Å². The van der Waals surface area contributed by atoms with Crippen molar-refractivity contribution in [1.82, 2.24) is 10.3 Å². The normalized spacial score (nSPS) is 11.9. The summed E-state index contributed by atoms with van der Waals surface area (Å²) in [7, 11) is 0. The van der Waals surface area contributed by atoms with Gasteiger partial charge in [-0.1, -0.05) is 0 Å². The molecule has 6 nitrogen and oxygen atoms in total. The molecule has 0 fully saturated rings. The van der Waals surface area contributed by atoms with Gasteiger partial charge in [-0.15, -0.1) is 0 Å². The predicted molar refractivity (Wildman–Crippen MR) is 56.7 cm³/mol. The largest absolute Gasteiger partial charge is 0.395 e. The summed E-state index contributed by atoms with van der Waals surface area (Å²) in [5, 5.41) is 17.6. The summed E-state index contributed by atoms with van der Waals surface area (Å²) in [5.74, 6) is 4.80. The van der Waals surface area contributed by atoms with Crippen LogP contribution < -0.4 is 11.3 Å². The average molecular weight is 219 g/mol. The van der Waals surface area contributed by atoms with Gasteiger partial charge in [-0.3, -0.25) is 15.1 Å². The number of hydrogen-bond acceptors (Lipinski definition) is 5. The number of carbonyl (C=O) groups is 1. The van der Waals surface area contributed by atoms with Gasteiger partial charge in [0.25, 0.3) is 0 Å². The van der Waals surface area contributed by atoms with E-state index in [-0.39, 0.29) is 19.1 Å². The lowest BCUT2D eigenvalue weighted by Gasteiger charge is -2.30. The van der Waals surface area contributed by atoms with Crippen LogP contribution in [0.25, 0.3) is 0 Å². The summed E-state index contributed by atoms with van der Waals surface area (Å²) in [5.41, 5.74) is 1.46. The van der Waals surface area contributed by atoms with Gasteiger partial charge in [0.2, 0.25) is 5.91 Å². The number of nitrogens with one attached hydrogen (secondary N) is 1. The van der Waals surface area contributed by atoms with Crippen LogP contribution in [0.1, 0.15) is 13.8 Å². The minimum Gasteiger partial charge on any atom is -0.395 e. The van der Waals surface area contributed by atoms with Gasteiger partial charge >= 0.3 is 0 Å². The molecule has 1 amide bonds. The Bertz CT molecular complexity index is 191. The van der Waals surface area contributed by atoms with Gasteiger partial charge < -0.3 is 10.2 Å². The van der Waals surface area contributed by atoms with Crippen LogP contribution in [0.3, 0.4) is 0 Å². The van der Waals surface area contributed by atoms with E-state index < -0.39 is 5.41 Å². The standard InChI is InChI=1S/C9H21N3O3/c1-9(2,8(15)11-10)7-12(3-5-13)4-6-14/h13-14H,3-7,10H2,1-2H3,(H,11,15). The summed E-state index contributed by atoms with van der Waals surface area (Å²) >= 11 is 0. The Kier molecular flexibility index (Phi) is 6.42. The monoisotopic (exact) mass is 219 g/mol. The fraction of sp³-hybridized carbons (Fsp3) is 0.889. The lowest BCUT2D eigenvalue weighted by atomic mass is 9.92. The first kappa shape index (κ1) is 14.3. The smallest absolute Gasteiger partial charge is 0.240 e. The number of carbonyl (C=O) groups excluding carboxylic acids is 1. The molecule has 0 aromatic heterocycles. The van der Waals surface area contributed by atoms with E-state index in [4.69, 9.17) is 16.1 Å². The van der Waals surface area contributed by atoms with Crippen molar-refractivity contribution in [3.63, 3.8) is 0 Å². The molecule has 0 rings (SSSR count). The fourth-order valence-electron chi connectivity index (χ4n) is 1.38. The quantitative estimate of drug-likeness (QED) is 0.232. The molecule has 0 aromatic carbocycles. The minimum atomic E-state index is -0.640. The van der Waals surface area contributed by atoms with Crippen molar-refractivity contribution in [3.8, 4) is 0 Å². The summed E-state index contributed by atoms with van der Waals surface area (Å²) < 4.78 is 0. The van der Waals surface area contributed by atoms with E-state index in [1.807, 2.05) is 4.90 Å². The molecule has 15 heavy (non-hydrogen) atoms. The van der Waals surface area contributed by atoms with Crippen LogP contribution in [0.15, 0.2) is 0 Å². The van der Waals surface area contributed by atoms with E-state index >= 15 is 0 Å². The number of hydrazine groups is 1. The van der Waals surface area contributed by atoms with Crippen molar-refractivity contribution in [2.24, 2.45) is 11.3 Å². The minimum absolute atomic E-state index is 0.000321. The van der Waals surface area contributed by atoms with E-state index in [9.17, 15) is 4.79 Å². The van der Waals surface area contributed by atoms with Gasteiger partial charge in [0.05, 0.1) is 18.6 Å². The molecule has 0 aliphatic carbocycles. The molecule has 0 aliphatic heterocycles. The molecule has 0 heterocycles. The molecule has 0 aliphatic rings. The van der Waals surface area contributed by atoms with Crippen molar-refractivity contribution < 1.29 is 15.0 Å². The van der Waals surface area contributed by atoms with Crippen LogP contribution in [0, 0.1) is 5.41 Å². The number of hydrogen-bond donors (Lipinski definition) is 4. The number of aliphatic hydroxyl groups is 2. The molecule has 0 unspecified atom stereocenters. The fourth-order valence-corrected chi connectivity index (χ4v) is 1.38. The molecule has 0 saturated carbocycles. The van der Waals surface area contributed by atoms with Crippen LogP contribution in [-0.2, 0) is 4.79 Å². The van der Waals surface area contributed by atoms with Gasteiger partial charge in [0, 0.05) is 19.6 Å². The van der Waals surface area contributed by atoms with E-state index in [0.29, 0.717) is 19.6 Å². The average Bonchev–Trinajstić information content (AvgIpc) is 2.16. The second-order valence-electron chi connectivity index (χ2n) is 4.08. The number of rotatable bonds is 7. The van der Waals surface area contributed by atoms with Crippen LogP contribution in [0.2, 0.25) is 0 Å². The van der Waals surface area contributed by atoms with E-state index in [2.05, 4.69) is 5.43 Å². The Labute approximate surface area is 90.0 Å². The highest BCUT2D eigenvalue weighted by Gasteiger charge is 2.29. The van der Waals surface area contributed by atoms with Crippen molar-refractivity contribution in [3.05, 3.63) is 0 Å². The highest BCUT2D eigenvalue weighted by Crippen LogP contribution is 2.16. The summed E-state index contributed by atoms with van der Waals surface area (Å²) in [4.78, 5) is 13.2. The zero-order valence-electron chi connectivity index (χ0n) is 9.36. The maximum atomic E-state index is 11.4. The third-order valence-electron chi connectivity index (χ3n) is 2.20. The molecular formula is C9H21N3O3. The lowest BCUT2D eigenvalue weighted by Crippen LogP contribution is -2.48. The van der Waals surface area contributed by atoms with Gasteiger partial charge in [-0.2, -0.15) is 0 Å². The third kappa shape index (κ3) is 5.08. The topological polar surface area (TPSA) is 98.8 Å². The van der Waals surface area contributed by atoms with Gasteiger partial charge in [0.1, 0.15) is 0 Å². The lowest BCUT2D eigenvalue weighted by molar-refractivity contribution is -0.130. The van der Waals surface area contributed by atoms with E-state index in [1.54, 1.807) is 13.8 Å². The summed E-state index contributed by atoms with van der Waals surface area (Å²) in [6.45, 7) is 4.83. The first-order chi connectivity index (χ1) is 6.97. The number of amides is 1. The molecule has 0 radical (unpaired) electrons. The Morgan fingerprint density at radius 2 is 1.80 bits per heavy atom. The van der Waals surface area contributed by atoms with Crippen molar-refractivity contribution >= 4 is 5.91 Å².